The molecule has 2 fully saturated rings. The molecule has 5 atom stereocenters. The molecule has 3 aliphatic carbocycles. The number of hydrogen-bond acceptors (Lipinski definition) is 1. The zero-order valence-electron chi connectivity index (χ0n) is 20.5. The van der Waals surface area contributed by atoms with Crippen LogP contribution in [-0.4, -0.2) is 12.7 Å². The minimum atomic E-state index is 0.558. The fraction of sp³-hybridized carbons (Fsp3) is 0.800. The zero-order chi connectivity index (χ0) is 21.5. The molecule has 1 aromatic rings. The van der Waals surface area contributed by atoms with Crippen LogP contribution in [0.3, 0.4) is 0 Å². The molecule has 0 aliphatic heterocycles. The van der Waals surface area contributed by atoms with Gasteiger partial charge >= 0.3 is 0 Å². The van der Waals surface area contributed by atoms with Gasteiger partial charge in [0, 0.05) is 6.61 Å². The summed E-state index contributed by atoms with van der Waals surface area (Å²) in [6, 6.07) is 7.67. The molecule has 0 bridgehead atoms. The van der Waals surface area contributed by atoms with E-state index in [1.165, 1.54) is 103 Å². The van der Waals surface area contributed by atoms with Gasteiger partial charge in [-0.25, -0.2) is 0 Å². The Kier molecular flexibility index (Phi) is 8.94. The van der Waals surface area contributed by atoms with Crippen LogP contribution in [0.4, 0.5) is 0 Å². The molecule has 5 unspecified atom stereocenters. The Labute approximate surface area is 192 Å². The number of fused-ring (bicyclic) bond motifs is 2. The van der Waals surface area contributed by atoms with Crippen molar-refractivity contribution in [2.24, 2.45) is 17.8 Å². The first-order valence-corrected chi connectivity index (χ1v) is 14.0. The van der Waals surface area contributed by atoms with Gasteiger partial charge in [0.25, 0.3) is 0 Å². The van der Waals surface area contributed by atoms with E-state index in [9.17, 15) is 0 Å². The van der Waals surface area contributed by atoms with Crippen LogP contribution in [0.1, 0.15) is 126 Å². The lowest BCUT2D eigenvalue weighted by molar-refractivity contribution is -0.0159. The lowest BCUT2D eigenvalue weighted by Crippen LogP contribution is -2.34. The second-order valence-electron chi connectivity index (χ2n) is 11.2. The van der Waals surface area contributed by atoms with Crippen molar-refractivity contribution < 1.29 is 4.74 Å². The predicted octanol–water partition coefficient (Wildman–Crippen LogP) is 8.63. The van der Waals surface area contributed by atoms with E-state index >= 15 is 0 Å². The van der Waals surface area contributed by atoms with Gasteiger partial charge in [-0.2, -0.15) is 0 Å². The first-order chi connectivity index (χ1) is 15.3. The first-order valence-electron chi connectivity index (χ1n) is 14.0. The third kappa shape index (κ3) is 6.37. The fourth-order valence-corrected chi connectivity index (χ4v) is 6.91. The van der Waals surface area contributed by atoms with Crippen LogP contribution >= 0.6 is 0 Å². The van der Waals surface area contributed by atoms with Crippen molar-refractivity contribution in [2.75, 3.05) is 6.61 Å². The highest BCUT2D eigenvalue weighted by Crippen LogP contribution is 2.47. The molecule has 1 heteroatoms. The minimum absolute atomic E-state index is 0.558. The van der Waals surface area contributed by atoms with Crippen molar-refractivity contribution in [3.8, 4) is 0 Å². The molecular weight excluding hydrogens is 376 g/mol. The number of unbranched alkanes of at least 4 members (excludes halogenated alkanes) is 4. The van der Waals surface area contributed by atoms with Crippen LogP contribution in [0, 0.1) is 17.8 Å². The van der Waals surface area contributed by atoms with Crippen LogP contribution in [0.15, 0.2) is 18.2 Å². The van der Waals surface area contributed by atoms with Crippen LogP contribution in [0.2, 0.25) is 0 Å². The molecular formula is C30H48O. The van der Waals surface area contributed by atoms with Crippen molar-refractivity contribution in [2.45, 2.75) is 129 Å². The van der Waals surface area contributed by atoms with Crippen LogP contribution in [-0.2, 0) is 17.6 Å². The molecule has 3 aliphatic rings. The molecule has 2 saturated carbocycles. The average Bonchev–Trinajstić information content (AvgIpc) is 2.81. The summed E-state index contributed by atoms with van der Waals surface area (Å²) in [5.74, 6) is 3.65. The molecule has 1 aromatic carbocycles. The molecule has 174 valence electrons. The van der Waals surface area contributed by atoms with E-state index < -0.39 is 0 Å². The van der Waals surface area contributed by atoms with Crippen molar-refractivity contribution in [3.63, 3.8) is 0 Å². The van der Waals surface area contributed by atoms with Crippen LogP contribution < -0.4 is 0 Å². The SMILES string of the molecule is CCCCCCC1CCc2cc(C3CCC4CC(OCCCC)CCC4C3)ccc2C1. The summed E-state index contributed by atoms with van der Waals surface area (Å²) in [4.78, 5) is 0. The van der Waals surface area contributed by atoms with Gasteiger partial charge in [0.2, 0.25) is 0 Å². The Morgan fingerprint density at radius 1 is 0.806 bits per heavy atom. The van der Waals surface area contributed by atoms with E-state index in [4.69, 9.17) is 4.74 Å². The summed E-state index contributed by atoms with van der Waals surface area (Å²) in [7, 11) is 0. The summed E-state index contributed by atoms with van der Waals surface area (Å²) < 4.78 is 6.19. The maximum Gasteiger partial charge on any atom is 0.0578 e. The fourth-order valence-electron chi connectivity index (χ4n) is 6.91. The largest absolute Gasteiger partial charge is 0.378 e. The number of benzene rings is 1. The highest BCUT2D eigenvalue weighted by atomic mass is 16.5. The second-order valence-corrected chi connectivity index (χ2v) is 11.2. The van der Waals surface area contributed by atoms with Gasteiger partial charge in [0.05, 0.1) is 6.10 Å². The summed E-state index contributed by atoms with van der Waals surface area (Å²) in [6.45, 7) is 5.56. The summed E-state index contributed by atoms with van der Waals surface area (Å²) in [6.07, 6.45) is 22.6. The Balaban J connectivity index is 1.27. The van der Waals surface area contributed by atoms with Crippen molar-refractivity contribution in [3.05, 3.63) is 34.9 Å². The molecule has 1 nitrogen and oxygen atoms in total. The topological polar surface area (TPSA) is 9.23 Å². The summed E-state index contributed by atoms with van der Waals surface area (Å²) >= 11 is 0. The second kappa shape index (κ2) is 11.9. The zero-order valence-corrected chi connectivity index (χ0v) is 20.5. The van der Waals surface area contributed by atoms with Crippen LogP contribution in [0.5, 0.6) is 0 Å². The first kappa shape index (κ1) is 23.3. The third-order valence-electron chi connectivity index (χ3n) is 8.91. The molecule has 31 heavy (non-hydrogen) atoms. The Morgan fingerprint density at radius 3 is 2.52 bits per heavy atom. The summed E-state index contributed by atoms with van der Waals surface area (Å²) in [5.41, 5.74) is 5.03. The maximum atomic E-state index is 6.19. The van der Waals surface area contributed by atoms with Gasteiger partial charge in [-0.3, -0.25) is 0 Å². The molecule has 0 amide bonds. The van der Waals surface area contributed by atoms with Crippen LogP contribution in [0.25, 0.3) is 0 Å². The van der Waals surface area contributed by atoms with Gasteiger partial charge in [-0.05, 0) is 105 Å². The Hall–Kier alpha value is -0.820. The van der Waals surface area contributed by atoms with Gasteiger partial charge in [0.1, 0.15) is 0 Å². The standard InChI is InChI=1S/C30H48O/c1-3-5-7-8-9-23-10-11-25-20-26(13-12-24(25)19-23)27-14-15-29-22-30(31-18-6-4-2)17-16-28(29)21-27/h12-13,20,23,27-30H,3-11,14-19,21-22H2,1-2H3. The van der Waals surface area contributed by atoms with E-state index in [1.807, 2.05) is 0 Å². The normalized spacial score (nSPS) is 30.6. The molecule has 0 aromatic heterocycles. The molecule has 0 N–H and O–H groups in total. The van der Waals surface area contributed by atoms with Crippen molar-refractivity contribution in [1.82, 2.24) is 0 Å². The number of aryl methyl sites for hydroxylation is 1. The van der Waals surface area contributed by atoms with Gasteiger partial charge < -0.3 is 4.74 Å². The Morgan fingerprint density at radius 2 is 1.65 bits per heavy atom. The van der Waals surface area contributed by atoms with E-state index in [0.29, 0.717) is 6.10 Å². The van der Waals surface area contributed by atoms with Gasteiger partial charge in [0.15, 0.2) is 0 Å². The van der Waals surface area contributed by atoms with Crippen molar-refractivity contribution in [1.29, 1.82) is 0 Å². The highest BCUT2D eigenvalue weighted by Gasteiger charge is 2.36. The maximum absolute atomic E-state index is 6.19. The smallest absolute Gasteiger partial charge is 0.0578 e. The summed E-state index contributed by atoms with van der Waals surface area (Å²) in [5, 5.41) is 0. The predicted molar refractivity (Wildman–Crippen MR) is 133 cm³/mol. The quantitative estimate of drug-likeness (QED) is 0.341. The Bertz CT molecular complexity index is 664. The highest BCUT2D eigenvalue weighted by molar-refractivity contribution is 5.36. The lowest BCUT2D eigenvalue weighted by atomic mass is 9.65. The molecule has 4 rings (SSSR count). The number of ether oxygens (including phenoxy) is 1. The van der Waals surface area contributed by atoms with Gasteiger partial charge in [-0.1, -0.05) is 70.6 Å². The average molecular weight is 425 g/mol. The molecule has 0 heterocycles. The van der Waals surface area contributed by atoms with E-state index in [0.717, 1.165) is 30.3 Å². The van der Waals surface area contributed by atoms with E-state index in [-0.39, 0.29) is 0 Å². The lowest BCUT2D eigenvalue weighted by Gasteiger charge is -2.42. The third-order valence-corrected chi connectivity index (χ3v) is 8.91. The molecule has 0 spiro atoms. The van der Waals surface area contributed by atoms with E-state index in [1.54, 1.807) is 16.7 Å². The molecule has 0 saturated heterocycles. The molecule has 0 radical (unpaired) electrons. The number of hydrogen-bond donors (Lipinski definition) is 0. The number of rotatable bonds is 10. The van der Waals surface area contributed by atoms with Gasteiger partial charge in [-0.15, -0.1) is 0 Å². The monoisotopic (exact) mass is 424 g/mol. The van der Waals surface area contributed by atoms with E-state index in [2.05, 4.69) is 32.0 Å². The van der Waals surface area contributed by atoms with Crippen molar-refractivity contribution >= 4 is 0 Å². The minimum Gasteiger partial charge on any atom is -0.378 e.